The van der Waals surface area contributed by atoms with Crippen LogP contribution in [0.15, 0.2) is 33.0 Å². The Bertz CT molecular complexity index is 1230. The highest BCUT2D eigenvalue weighted by Gasteiger charge is 2.33. The summed E-state index contributed by atoms with van der Waals surface area (Å²) in [5.74, 6) is 2.83. The summed E-state index contributed by atoms with van der Waals surface area (Å²) >= 11 is 4.98. The zero-order valence-corrected chi connectivity index (χ0v) is 22.1. The third kappa shape index (κ3) is 5.58. The van der Waals surface area contributed by atoms with Crippen molar-refractivity contribution in [3.8, 4) is 23.0 Å². The quantitative estimate of drug-likeness (QED) is 0.421. The number of rotatable bonds is 7. The van der Waals surface area contributed by atoms with Gasteiger partial charge in [-0.3, -0.25) is 0 Å². The molecule has 1 atom stereocenters. The van der Waals surface area contributed by atoms with Crippen LogP contribution in [0.3, 0.4) is 0 Å². The van der Waals surface area contributed by atoms with Crippen molar-refractivity contribution in [3.05, 3.63) is 22.9 Å². The molecule has 1 fully saturated rings. The average molecular weight is 563 g/mol. The van der Waals surface area contributed by atoms with E-state index in [1.165, 1.54) is 11.8 Å². The molecule has 1 saturated carbocycles. The molecule has 12 heteroatoms. The molecule has 1 aromatic rings. The van der Waals surface area contributed by atoms with Gasteiger partial charge in [-0.2, -0.15) is 0 Å². The van der Waals surface area contributed by atoms with Gasteiger partial charge in [-0.05, 0) is 85.8 Å². The van der Waals surface area contributed by atoms with Gasteiger partial charge in [0.15, 0.2) is 34.0 Å². The molecule has 35 heavy (non-hydrogen) atoms. The van der Waals surface area contributed by atoms with E-state index in [0.29, 0.717) is 46.5 Å². The number of alkyl carbamates (subject to hydrolysis) is 1. The minimum Gasteiger partial charge on any atom is -0.454 e. The Morgan fingerprint density at radius 1 is 1.31 bits per heavy atom. The molecule has 0 spiro atoms. The largest absolute Gasteiger partial charge is 0.454 e. The highest BCUT2D eigenvalue weighted by Crippen LogP contribution is 2.43. The number of aryl methyl sites for hydroxylation is 1. The van der Waals surface area contributed by atoms with Gasteiger partial charge in [0.25, 0.3) is 0 Å². The first-order chi connectivity index (χ1) is 16.7. The number of nitrogens with one attached hydrogen (secondary N) is 1. The number of hydrogen-bond acceptors (Lipinski definition) is 9. The number of benzene rings is 1. The maximum absolute atomic E-state index is 12.3. The van der Waals surface area contributed by atoms with E-state index >= 15 is 0 Å². The minimum absolute atomic E-state index is 0.0197. The van der Waals surface area contributed by atoms with E-state index in [2.05, 4.69) is 31.2 Å². The Hall–Kier alpha value is -2.73. The summed E-state index contributed by atoms with van der Waals surface area (Å²) in [6.07, 6.45) is 4.21. The molecule has 0 saturated heterocycles. The average Bonchev–Trinajstić information content (AvgIpc) is 3.37. The summed E-state index contributed by atoms with van der Waals surface area (Å²) in [4.78, 5) is 26.9. The Labute approximate surface area is 215 Å². The number of anilines is 1. The number of hydrogen-bond donors (Lipinski definition) is 2. The predicted molar refractivity (Wildman–Crippen MR) is 134 cm³/mol. The third-order valence-corrected chi connectivity index (χ3v) is 7.52. The number of nitrogens with two attached hydrogens (primary N) is 1. The normalized spacial score (nSPS) is 15.9. The molecule has 5 rings (SSSR count). The Morgan fingerprint density at radius 3 is 2.77 bits per heavy atom. The van der Waals surface area contributed by atoms with Crippen molar-refractivity contribution in [3.63, 3.8) is 0 Å². The minimum atomic E-state index is -0.536. The fourth-order valence-electron chi connectivity index (χ4n) is 3.88. The van der Waals surface area contributed by atoms with Gasteiger partial charge in [-0.15, -0.1) is 0 Å². The summed E-state index contributed by atoms with van der Waals surface area (Å²) in [5.41, 5.74) is 6.13. The van der Waals surface area contributed by atoms with E-state index in [0.717, 1.165) is 28.6 Å². The number of fused-ring (bicyclic) bond motifs is 2. The van der Waals surface area contributed by atoms with E-state index in [-0.39, 0.29) is 18.9 Å². The SMILES string of the molecule is CC(C)(C)OC(=O)NC(CCn1cnc(N)c2nc(Sc3cc4c(cc3Br)OCO4)nc1-2)C1CC1. The number of carbonyl (C=O) groups excluding carboxylic acids is 1. The smallest absolute Gasteiger partial charge is 0.407 e. The maximum atomic E-state index is 12.3. The summed E-state index contributed by atoms with van der Waals surface area (Å²) in [6, 6.07) is 3.79. The van der Waals surface area contributed by atoms with Gasteiger partial charge in [-0.1, -0.05) is 0 Å². The van der Waals surface area contributed by atoms with Crippen molar-refractivity contribution in [2.24, 2.45) is 5.92 Å². The van der Waals surface area contributed by atoms with E-state index in [1.807, 2.05) is 37.5 Å². The molecular formula is C23H27BrN6O4S. The lowest BCUT2D eigenvalue weighted by atomic mass is 10.1. The predicted octanol–water partition coefficient (Wildman–Crippen LogP) is 4.70. The molecule has 3 N–H and O–H groups in total. The number of nitrogen functional groups attached to an aromatic ring is 1. The van der Waals surface area contributed by atoms with Gasteiger partial charge in [0.2, 0.25) is 6.79 Å². The molecular weight excluding hydrogens is 536 g/mol. The fraction of sp³-hybridized carbons (Fsp3) is 0.478. The van der Waals surface area contributed by atoms with Gasteiger partial charge in [0.1, 0.15) is 5.60 Å². The van der Waals surface area contributed by atoms with Crippen LogP contribution in [0.25, 0.3) is 11.5 Å². The van der Waals surface area contributed by atoms with Gasteiger partial charge in [0, 0.05) is 22.0 Å². The lowest BCUT2D eigenvalue weighted by Crippen LogP contribution is -2.40. The van der Waals surface area contributed by atoms with E-state index < -0.39 is 5.60 Å². The fourth-order valence-corrected chi connectivity index (χ4v) is 5.23. The molecule has 1 aliphatic carbocycles. The van der Waals surface area contributed by atoms with Crippen molar-refractivity contribution in [2.75, 3.05) is 12.5 Å². The van der Waals surface area contributed by atoms with Crippen LogP contribution in [0.2, 0.25) is 0 Å². The van der Waals surface area contributed by atoms with Gasteiger partial charge >= 0.3 is 6.09 Å². The Kier molecular flexibility index (Phi) is 6.43. The Morgan fingerprint density at radius 2 is 2.06 bits per heavy atom. The summed E-state index contributed by atoms with van der Waals surface area (Å²) in [6.45, 7) is 6.39. The monoisotopic (exact) mass is 562 g/mol. The molecule has 3 heterocycles. The van der Waals surface area contributed by atoms with Crippen molar-refractivity contribution in [1.82, 2.24) is 24.8 Å². The second-order valence-electron chi connectivity index (χ2n) is 9.62. The third-order valence-electron chi connectivity index (χ3n) is 5.67. The van der Waals surface area contributed by atoms with Crippen molar-refractivity contribution >= 4 is 39.6 Å². The van der Waals surface area contributed by atoms with Gasteiger partial charge in [0.05, 0.1) is 6.33 Å². The summed E-state index contributed by atoms with van der Waals surface area (Å²) < 4.78 is 19.2. The lowest BCUT2D eigenvalue weighted by Gasteiger charge is -2.24. The molecule has 186 valence electrons. The van der Waals surface area contributed by atoms with E-state index in [1.54, 1.807) is 6.33 Å². The zero-order valence-electron chi connectivity index (χ0n) is 19.7. The second-order valence-corrected chi connectivity index (χ2v) is 11.5. The van der Waals surface area contributed by atoms with Crippen LogP contribution in [-0.2, 0) is 11.3 Å². The lowest BCUT2D eigenvalue weighted by molar-refractivity contribution is 0.0494. The number of ether oxygens (including phenoxy) is 3. The summed E-state index contributed by atoms with van der Waals surface area (Å²) in [7, 11) is 0. The molecule has 1 unspecified atom stereocenters. The summed E-state index contributed by atoms with van der Waals surface area (Å²) in [5, 5.41) is 3.60. The van der Waals surface area contributed by atoms with Crippen LogP contribution in [-0.4, -0.2) is 44.0 Å². The molecule has 1 amide bonds. The Balaban J connectivity index is 1.32. The number of halogens is 1. The molecule has 0 aromatic heterocycles. The van der Waals surface area contributed by atoms with Crippen LogP contribution in [0.1, 0.15) is 40.0 Å². The van der Waals surface area contributed by atoms with E-state index in [4.69, 9.17) is 24.9 Å². The van der Waals surface area contributed by atoms with Crippen molar-refractivity contribution < 1.29 is 19.0 Å². The molecule has 0 bridgehead atoms. The highest BCUT2D eigenvalue weighted by atomic mass is 79.9. The van der Waals surface area contributed by atoms with Crippen molar-refractivity contribution in [2.45, 2.75) is 68.3 Å². The number of aromatic nitrogens is 4. The highest BCUT2D eigenvalue weighted by molar-refractivity contribution is 9.10. The topological polar surface area (TPSA) is 126 Å². The maximum Gasteiger partial charge on any atom is 0.407 e. The van der Waals surface area contributed by atoms with Crippen LogP contribution in [0, 0.1) is 5.92 Å². The molecule has 4 aliphatic rings. The standard InChI is InChI=1S/C23H27BrN6O4S/c1-23(2,3)34-22(31)27-14(12-4-5-12)6-7-30-10-26-19(25)18-20(30)29-21(28-18)35-17-9-16-15(8-13(17)24)32-11-33-16/h8-10,12,14H,4-7,11,25H2,1-3H3,(H,27,31). The van der Waals surface area contributed by atoms with Crippen LogP contribution < -0.4 is 20.5 Å². The van der Waals surface area contributed by atoms with Crippen molar-refractivity contribution in [1.29, 1.82) is 0 Å². The first kappa shape index (κ1) is 24.0. The van der Waals surface area contributed by atoms with Crippen LogP contribution >= 0.6 is 27.7 Å². The first-order valence-corrected chi connectivity index (χ1v) is 13.0. The first-order valence-electron chi connectivity index (χ1n) is 11.4. The molecule has 0 radical (unpaired) electrons. The molecule has 10 nitrogen and oxygen atoms in total. The van der Waals surface area contributed by atoms with Crippen LogP contribution in [0.5, 0.6) is 11.5 Å². The zero-order chi connectivity index (χ0) is 24.7. The molecule has 1 aromatic carbocycles. The number of nitrogens with zero attached hydrogens (tertiary/aromatic N) is 4. The number of imidazole rings is 1. The number of amides is 1. The number of carbonyl (C=O) groups is 1. The second kappa shape index (κ2) is 9.38. The molecule has 3 aliphatic heterocycles. The van der Waals surface area contributed by atoms with Crippen LogP contribution in [0.4, 0.5) is 10.6 Å². The van der Waals surface area contributed by atoms with E-state index in [9.17, 15) is 4.79 Å². The van der Waals surface area contributed by atoms with Gasteiger partial charge in [-0.25, -0.2) is 19.7 Å². The van der Waals surface area contributed by atoms with Gasteiger partial charge < -0.3 is 29.8 Å².